The van der Waals surface area contributed by atoms with Crippen LogP contribution in [0.3, 0.4) is 0 Å². The largest absolute Gasteiger partial charge is 0.489 e. The molecule has 1 N–H and O–H groups in total. The molecule has 0 spiro atoms. The third-order valence-corrected chi connectivity index (χ3v) is 4.17. The fourth-order valence-electron chi connectivity index (χ4n) is 2.31. The SMILES string of the molecule is CN(Cc1cccc(Br)c1OCC(C)(C)O)C(=O)c1c(F)cccc1F. The Hall–Kier alpha value is -1.99. The van der Waals surface area contributed by atoms with Crippen molar-refractivity contribution in [3.63, 3.8) is 0 Å². The Morgan fingerprint density at radius 1 is 1.19 bits per heavy atom. The van der Waals surface area contributed by atoms with E-state index in [0.29, 0.717) is 15.8 Å². The molecule has 26 heavy (non-hydrogen) atoms. The van der Waals surface area contributed by atoms with Gasteiger partial charge in [0.15, 0.2) is 0 Å². The molecule has 2 rings (SSSR count). The Morgan fingerprint density at radius 3 is 2.35 bits per heavy atom. The van der Waals surface area contributed by atoms with Crippen LogP contribution in [-0.4, -0.2) is 35.2 Å². The Balaban J connectivity index is 2.25. The number of nitrogens with zero attached hydrogens (tertiary/aromatic N) is 1. The molecule has 0 bridgehead atoms. The zero-order valence-electron chi connectivity index (χ0n) is 14.7. The van der Waals surface area contributed by atoms with Crippen LogP contribution in [0, 0.1) is 11.6 Å². The van der Waals surface area contributed by atoms with Crippen molar-refractivity contribution in [3.05, 3.63) is 63.6 Å². The van der Waals surface area contributed by atoms with Gasteiger partial charge in [-0.25, -0.2) is 8.78 Å². The molecule has 0 atom stereocenters. The zero-order chi connectivity index (χ0) is 19.5. The molecule has 140 valence electrons. The van der Waals surface area contributed by atoms with Gasteiger partial charge in [-0.15, -0.1) is 0 Å². The minimum atomic E-state index is -1.04. The van der Waals surface area contributed by atoms with Crippen LogP contribution >= 0.6 is 15.9 Å². The molecule has 0 fully saturated rings. The molecule has 0 heterocycles. The lowest BCUT2D eigenvalue weighted by Crippen LogP contribution is -2.30. The van der Waals surface area contributed by atoms with Gasteiger partial charge in [0.2, 0.25) is 0 Å². The maximum absolute atomic E-state index is 13.8. The highest BCUT2D eigenvalue weighted by atomic mass is 79.9. The molecule has 2 aromatic carbocycles. The van der Waals surface area contributed by atoms with Crippen molar-refractivity contribution in [2.24, 2.45) is 0 Å². The third-order valence-electron chi connectivity index (χ3n) is 3.55. The van der Waals surface area contributed by atoms with E-state index in [1.807, 2.05) is 0 Å². The first kappa shape index (κ1) is 20.3. The van der Waals surface area contributed by atoms with Crippen LogP contribution in [0.1, 0.15) is 29.8 Å². The summed E-state index contributed by atoms with van der Waals surface area (Å²) in [6.45, 7) is 3.34. The lowest BCUT2D eigenvalue weighted by atomic mass is 10.1. The van der Waals surface area contributed by atoms with Crippen molar-refractivity contribution in [1.29, 1.82) is 0 Å². The summed E-state index contributed by atoms with van der Waals surface area (Å²) in [6, 6.07) is 8.56. The molecular formula is C19H20BrF2NO3. The van der Waals surface area contributed by atoms with Gasteiger partial charge in [-0.05, 0) is 48.0 Å². The summed E-state index contributed by atoms with van der Waals surface area (Å²) in [4.78, 5) is 13.7. The van der Waals surface area contributed by atoms with Crippen LogP contribution in [0.2, 0.25) is 0 Å². The van der Waals surface area contributed by atoms with Crippen LogP contribution < -0.4 is 4.74 Å². The van der Waals surface area contributed by atoms with E-state index < -0.39 is 28.7 Å². The summed E-state index contributed by atoms with van der Waals surface area (Å²) in [5, 5.41) is 9.85. The Labute approximate surface area is 159 Å². The standard InChI is InChI=1S/C19H20BrF2NO3/c1-19(2,25)11-26-17-12(6-4-7-13(17)20)10-23(3)18(24)16-14(21)8-5-9-15(16)22/h4-9,25H,10-11H2,1-3H3. The van der Waals surface area contributed by atoms with Gasteiger partial charge in [0.1, 0.15) is 29.6 Å². The first-order chi connectivity index (χ1) is 12.1. The minimum Gasteiger partial charge on any atom is -0.489 e. The van der Waals surface area contributed by atoms with E-state index >= 15 is 0 Å². The number of carbonyl (C=O) groups is 1. The summed E-state index contributed by atoms with van der Waals surface area (Å²) >= 11 is 3.38. The number of carbonyl (C=O) groups excluding carboxylic acids is 1. The van der Waals surface area contributed by atoms with Gasteiger partial charge in [0.25, 0.3) is 5.91 Å². The van der Waals surface area contributed by atoms with E-state index in [0.717, 1.165) is 12.1 Å². The molecule has 0 aromatic heterocycles. The topological polar surface area (TPSA) is 49.8 Å². The maximum atomic E-state index is 13.8. The number of ether oxygens (including phenoxy) is 1. The monoisotopic (exact) mass is 427 g/mol. The normalized spacial score (nSPS) is 11.3. The first-order valence-electron chi connectivity index (χ1n) is 7.92. The van der Waals surface area contributed by atoms with E-state index in [-0.39, 0.29) is 13.2 Å². The van der Waals surface area contributed by atoms with E-state index in [4.69, 9.17) is 4.74 Å². The average molecular weight is 428 g/mol. The van der Waals surface area contributed by atoms with Crippen LogP contribution in [0.25, 0.3) is 0 Å². The van der Waals surface area contributed by atoms with Gasteiger partial charge in [-0.2, -0.15) is 0 Å². The molecule has 0 radical (unpaired) electrons. The van der Waals surface area contributed by atoms with Gasteiger partial charge in [-0.1, -0.05) is 18.2 Å². The average Bonchev–Trinajstić information content (AvgIpc) is 2.53. The molecule has 0 aliphatic rings. The van der Waals surface area contributed by atoms with Crippen molar-refractivity contribution in [2.75, 3.05) is 13.7 Å². The number of amides is 1. The minimum absolute atomic E-state index is 0.0439. The van der Waals surface area contributed by atoms with Gasteiger partial charge < -0.3 is 14.7 Å². The van der Waals surface area contributed by atoms with Gasteiger partial charge >= 0.3 is 0 Å². The first-order valence-corrected chi connectivity index (χ1v) is 8.71. The molecule has 0 unspecified atom stereocenters. The van der Waals surface area contributed by atoms with Gasteiger partial charge in [-0.3, -0.25) is 4.79 Å². The second kappa shape index (κ2) is 8.14. The third kappa shape index (κ3) is 5.02. The predicted molar refractivity (Wildman–Crippen MR) is 98.1 cm³/mol. The summed E-state index contributed by atoms with van der Waals surface area (Å²) in [7, 11) is 1.45. The molecular weight excluding hydrogens is 408 g/mol. The highest BCUT2D eigenvalue weighted by Gasteiger charge is 2.23. The van der Waals surface area contributed by atoms with Crippen LogP contribution in [0.5, 0.6) is 5.75 Å². The summed E-state index contributed by atoms with van der Waals surface area (Å²) < 4.78 is 34.0. The van der Waals surface area contributed by atoms with E-state index in [2.05, 4.69) is 15.9 Å². The van der Waals surface area contributed by atoms with E-state index in [9.17, 15) is 18.7 Å². The van der Waals surface area contributed by atoms with Crippen molar-refractivity contribution in [1.82, 2.24) is 4.90 Å². The quantitative estimate of drug-likeness (QED) is 0.753. The molecule has 1 amide bonds. The summed E-state index contributed by atoms with van der Waals surface area (Å²) in [5.74, 6) is -2.12. The summed E-state index contributed by atoms with van der Waals surface area (Å²) in [5.41, 5.74) is -0.995. The van der Waals surface area contributed by atoms with E-state index in [1.165, 1.54) is 18.0 Å². The lowest BCUT2D eigenvalue weighted by molar-refractivity contribution is 0.0276. The Bertz CT molecular complexity index is 786. The number of benzene rings is 2. The predicted octanol–water partition coefficient (Wildman–Crippen LogP) is 4.15. The number of halogens is 3. The van der Waals surface area contributed by atoms with Crippen LogP contribution in [0.4, 0.5) is 8.78 Å². The smallest absolute Gasteiger partial charge is 0.259 e. The van der Waals surface area contributed by atoms with Crippen molar-refractivity contribution < 1.29 is 23.4 Å². The highest BCUT2D eigenvalue weighted by Crippen LogP contribution is 2.31. The lowest BCUT2D eigenvalue weighted by Gasteiger charge is -2.23. The fourth-order valence-corrected chi connectivity index (χ4v) is 2.83. The Kier molecular flexibility index (Phi) is 6.36. The van der Waals surface area contributed by atoms with Crippen molar-refractivity contribution >= 4 is 21.8 Å². The number of aliphatic hydroxyl groups is 1. The number of rotatable bonds is 6. The van der Waals surface area contributed by atoms with E-state index in [1.54, 1.807) is 32.0 Å². The second-order valence-electron chi connectivity index (χ2n) is 6.59. The molecule has 0 saturated carbocycles. The molecule has 4 nitrogen and oxygen atoms in total. The van der Waals surface area contributed by atoms with Crippen LogP contribution in [-0.2, 0) is 6.54 Å². The van der Waals surface area contributed by atoms with Crippen molar-refractivity contribution in [3.8, 4) is 5.75 Å². The van der Waals surface area contributed by atoms with Gasteiger partial charge in [0.05, 0.1) is 10.1 Å². The van der Waals surface area contributed by atoms with Gasteiger partial charge in [0, 0.05) is 19.2 Å². The fraction of sp³-hybridized carbons (Fsp3) is 0.316. The Morgan fingerprint density at radius 2 is 1.77 bits per heavy atom. The maximum Gasteiger partial charge on any atom is 0.259 e. The second-order valence-corrected chi connectivity index (χ2v) is 7.44. The van der Waals surface area contributed by atoms with Crippen molar-refractivity contribution in [2.45, 2.75) is 26.0 Å². The highest BCUT2D eigenvalue weighted by molar-refractivity contribution is 9.10. The number of hydrogen-bond acceptors (Lipinski definition) is 3. The summed E-state index contributed by atoms with van der Waals surface area (Å²) in [6.07, 6.45) is 0. The molecule has 2 aromatic rings. The molecule has 7 heteroatoms. The molecule has 0 saturated heterocycles. The number of hydrogen-bond donors (Lipinski definition) is 1. The number of para-hydroxylation sites is 1. The molecule has 0 aliphatic carbocycles. The molecule has 0 aliphatic heterocycles. The zero-order valence-corrected chi connectivity index (χ0v) is 16.3. The van der Waals surface area contributed by atoms with Crippen LogP contribution in [0.15, 0.2) is 40.9 Å².